The van der Waals surface area contributed by atoms with E-state index in [1.807, 2.05) is 0 Å². The van der Waals surface area contributed by atoms with Crippen LogP contribution in [0.5, 0.6) is 0 Å². The number of hydrogen-bond donors (Lipinski definition) is 0. The summed E-state index contributed by atoms with van der Waals surface area (Å²) >= 11 is 7.80. The van der Waals surface area contributed by atoms with E-state index in [-0.39, 0.29) is 10.0 Å². The summed E-state index contributed by atoms with van der Waals surface area (Å²) in [6, 6.07) is 3.06. The maximum absolute atomic E-state index is 12.3. The first-order valence-electron chi connectivity index (χ1n) is 3.39. The number of carbonyl (C=O) groups excluding carboxylic acids is 1. The molecule has 0 spiro atoms. The molecular formula is C8H3BrClF3O. The third-order valence-corrected chi connectivity index (χ3v) is 2.41. The van der Waals surface area contributed by atoms with E-state index >= 15 is 0 Å². The van der Waals surface area contributed by atoms with Gasteiger partial charge in [-0.3, -0.25) is 4.79 Å². The Hall–Kier alpha value is -0.550. The van der Waals surface area contributed by atoms with E-state index in [0.29, 0.717) is 6.07 Å². The molecule has 0 aliphatic heterocycles. The lowest BCUT2D eigenvalue weighted by molar-refractivity contribution is -0.138. The minimum atomic E-state index is -4.50. The van der Waals surface area contributed by atoms with Crippen molar-refractivity contribution in [3.63, 3.8) is 0 Å². The molecule has 0 amide bonds. The number of alkyl halides is 3. The van der Waals surface area contributed by atoms with Gasteiger partial charge in [-0.1, -0.05) is 15.9 Å². The molecule has 0 saturated carbocycles. The van der Waals surface area contributed by atoms with E-state index in [4.69, 9.17) is 11.6 Å². The molecule has 0 N–H and O–H groups in total. The minimum Gasteiger partial charge on any atom is -0.276 e. The largest absolute Gasteiger partial charge is 0.417 e. The van der Waals surface area contributed by atoms with Gasteiger partial charge in [0.15, 0.2) is 0 Å². The summed E-state index contributed by atoms with van der Waals surface area (Å²) in [6.07, 6.45) is -4.50. The van der Waals surface area contributed by atoms with Crippen molar-refractivity contribution in [2.24, 2.45) is 0 Å². The molecule has 0 heterocycles. The van der Waals surface area contributed by atoms with Gasteiger partial charge in [0.25, 0.3) is 5.24 Å². The molecule has 0 fully saturated rings. The van der Waals surface area contributed by atoms with Crippen LogP contribution in [0, 0.1) is 0 Å². The number of carbonyl (C=O) groups is 1. The molecule has 76 valence electrons. The molecule has 1 aromatic carbocycles. The van der Waals surface area contributed by atoms with E-state index in [1.165, 1.54) is 6.07 Å². The predicted molar refractivity (Wildman–Crippen MR) is 49.3 cm³/mol. The highest BCUT2D eigenvalue weighted by molar-refractivity contribution is 9.10. The Morgan fingerprint density at radius 1 is 1.36 bits per heavy atom. The maximum Gasteiger partial charge on any atom is 0.417 e. The van der Waals surface area contributed by atoms with Gasteiger partial charge < -0.3 is 0 Å². The molecule has 1 rings (SSSR count). The average Bonchev–Trinajstić information content (AvgIpc) is 2.02. The molecule has 6 heteroatoms. The molecule has 1 nitrogen and oxygen atoms in total. The molecule has 0 aromatic heterocycles. The fourth-order valence-electron chi connectivity index (χ4n) is 0.865. The summed E-state index contributed by atoms with van der Waals surface area (Å²) < 4.78 is 36.8. The van der Waals surface area contributed by atoms with Crippen LogP contribution < -0.4 is 0 Å². The molecule has 0 atom stereocenters. The Balaban J connectivity index is 3.29. The number of halogens is 5. The van der Waals surface area contributed by atoms with Crippen molar-refractivity contribution in [1.82, 2.24) is 0 Å². The van der Waals surface area contributed by atoms with Crippen LogP contribution in [0.2, 0.25) is 0 Å². The Morgan fingerprint density at radius 2 is 1.93 bits per heavy atom. The van der Waals surface area contributed by atoms with Crippen LogP contribution >= 0.6 is 27.5 Å². The van der Waals surface area contributed by atoms with Gasteiger partial charge in [-0.2, -0.15) is 13.2 Å². The van der Waals surface area contributed by atoms with E-state index in [0.717, 1.165) is 6.07 Å². The van der Waals surface area contributed by atoms with Crippen LogP contribution in [-0.4, -0.2) is 5.24 Å². The first-order valence-corrected chi connectivity index (χ1v) is 4.56. The normalized spacial score (nSPS) is 11.5. The first kappa shape index (κ1) is 11.5. The van der Waals surface area contributed by atoms with Gasteiger partial charge in [-0.05, 0) is 29.8 Å². The molecule has 0 aliphatic carbocycles. The van der Waals surface area contributed by atoms with Gasteiger partial charge in [0.1, 0.15) is 0 Å². The monoisotopic (exact) mass is 286 g/mol. The zero-order valence-electron chi connectivity index (χ0n) is 6.53. The van der Waals surface area contributed by atoms with Gasteiger partial charge in [0.05, 0.1) is 5.56 Å². The summed E-state index contributed by atoms with van der Waals surface area (Å²) in [5, 5.41) is -0.914. The number of hydrogen-bond acceptors (Lipinski definition) is 1. The van der Waals surface area contributed by atoms with Crippen LogP contribution in [0.3, 0.4) is 0 Å². The quantitative estimate of drug-likeness (QED) is 0.717. The lowest BCUT2D eigenvalue weighted by atomic mass is 10.1. The summed E-state index contributed by atoms with van der Waals surface area (Å²) in [5.41, 5.74) is -1.09. The van der Waals surface area contributed by atoms with E-state index in [9.17, 15) is 18.0 Å². The summed E-state index contributed by atoms with van der Waals surface area (Å²) in [6.45, 7) is 0. The summed E-state index contributed by atoms with van der Waals surface area (Å²) in [5.74, 6) is 0. The average molecular weight is 287 g/mol. The molecule has 0 saturated heterocycles. The SMILES string of the molecule is O=C(Cl)c1ccc(Br)c(C(F)(F)F)c1. The second-order valence-corrected chi connectivity index (χ2v) is 3.66. The molecule has 1 aromatic rings. The van der Waals surface area contributed by atoms with Crippen molar-refractivity contribution in [2.75, 3.05) is 0 Å². The Morgan fingerprint density at radius 3 is 2.36 bits per heavy atom. The smallest absolute Gasteiger partial charge is 0.276 e. The fourth-order valence-corrected chi connectivity index (χ4v) is 1.45. The third-order valence-electron chi connectivity index (χ3n) is 1.50. The van der Waals surface area contributed by atoms with Gasteiger partial charge in [0.2, 0.25) is 0 Å². The number of benzene rings is 1. The van der Waals surface area contributed by atoms with Crippen LogP contribution in [0.25, 0.3) is 0 Å². The van der Waals surface area contributed by atoms with Crippen LogP contribution in [0.15, 0.2) is 22.7 Å². The van der Waals surface area contributed by atoms with Crippen LogP contribution in [0.1, 0.15) is 15.9 Å². The molecule has 0 unspecified atom stereocenters. The van der Waals surface area contributed by atoms with Crippen molar-refractivity contribution in [2.45, 2.75) is 6.18 Å². The second kappa shape index (κ2) is 3.90. The van der Waals surface area contributed by atoms with Crippen molar-refractivity contribution in [3.05, 3.63) is 33.8 Å². The Kier molecular flexibility index (Phi) is 3.21. The van der Waals surface area contributed by atoms with Crippen molar-refractivity contribution >= 4 is 32.8 Å². The standard InChI is InChI=1S/C8H3BrClF3O/c9-6-2-1-4(7(10)14)3-5(6)8(11,12)13/h1-3H. The molecule has 14 heavy (non-hydrogen) atoms. The first-order chi connectivity index (χ1) is 6.32. The van der Waals surface area contributed by atoms with Crippen LogP contribution in [0.4, 0.5) is 13.2 Å². The fraction of sp³-hybridized carbons (Fsp3) is 0.125. The zero-order valence-corrected chi connectivity index (χ0v) is 8.87. The van der Waals surface area contributed by atoms with Gasteiger partial charge in [-0.25, -0.2) is 0 Å². The maximum atomic E-state index is 12.3. The van der Waals surface area contributed by atoms with Gasteiger partial charge in [-0.15, -0.1) is 0 Å². The van der Waals surface area contributed by atoms with E-state index < -0.39 is 17.0 Å². The zero-order chi connectivity index (χ0) is 10.9. The highest BCUT2D eigenvalue weighted by atomic mass is 79.9. The Bertz CT molecular complexity index is 375. The molecule has 0 bridgehead atoms. The van der Waals surface area contributed by atoms with Crippen LogP contribution in [-0.2, 0) is 6.18 Å². The van der Waals surface area contributed by atoms with Crippen molar-refractivity contribution < 1.29 is 18.0 Å². The van der Waals surface area contributed by atoms with E-state index in [2.05, 4.69) is 15.9 Å². The van der Waals surface area contributed by atoms with E-state index in [1.54, 1.807) is 0 Å². The third kappa shape index (κ3) is 2.48. The van der Waals surface area contributed by atoms with Gasteiger partial charge >= 0.3 is 6.18 Å². The molecule has 0 aliphatic rings. The second-order valence-electron chi connectivity index (χ2n) is 2.47. The summed E-state index contributed by atoms with van der Waals surface area (Å²) in [4.78, 5) is 10.6. The molecular weight excluding hydrogens is 284 g/mol. The van der Waals surface area contributed by atoms with Crippen molar-refractivity contribution in [1.29, 1.82) is 0 Å². The predicted octanol–water partition coefficient (Wildman–Crippen LogP) is 3.85. The number of rotatable bonds is 1. The highest BCUT2D eigenvalue weighted by Gasteiger charge is 2.33. The molecule has 0 radical (unpaired) electrons. The Labute approximate surface area is 91.0 Å². The summed E-state index contributed by atoms with van der Waals surface area (Å²) in [7, 11) is 0. The van der Waals surface area contributed by atoms with Gasteiger partial charge in [0, 0.05) is 10.0 Å². The highest BCUT2D eigenvalue weighted by Crippen LogP contribution is 2.35. The lowest BCUT2D eigenvalue weighted by Crippen LogP contribution is -2.07. The topological polar surface area (TPSA) is 17.1 Å². The minimum absolute atomic E-state index is 0.119. The van der Waals surface area contributed by atoms with Crippen molar-refractivity contribution in [3.8, 4) is 0 Å². The lowest BCUT2D eigenvalue weighted by Gasteiger charge is -2.09.